The molecule has 190 valence electrons. The van der Waals surface area contributed by atoms with Crippen LogP contribution < -0.4 is 20.1 Å². The van der Waals surface area contributed by atoms with Crippen LogP contribution in [0.5, 0.6) is 11.5 Å². The quantitative estimate of drug-likeness (QED) is 0.224. The highest BCUT2D eigenvalue weighted by Gasteiger charge is 2.15. The highest BCUT2D eigenvalue weighted by atomic mass is 16.5. The number of aliphatic carboxylic acids is 1. The van der Waals surface area contributed by atoms with E-state index in [1.165, 1.54) is 6.33 Å². The van der Waals surface area contributed by atoms with Gasteiger partial charge in [0.1, 0.15) is 24.4 Å². The molecular weight excluding hydrogens is 452 g/mol. The van der Waals surface area contributed by atoms with Crippen molar-refractivity contribution in [2.45, 2.75) is 19.9 Å². The van der Waals surface area contributed by atoms with E-state index >= 15 is 0 Å². The third-order valence-electron chi connectivity index (χ3n) is 5.21. The summed E-state index contributed by atoms with van der Waals surface area (Å²) in [5.41, 5.74) is 2.49. The molecule has 0 bridgehead atoms. The first kappa shape index (κ1) is 26.2. The van der Waals surface area contributed by atoms with E-state index in [2.05, 4.69) is 37.5 Å². The van der Waals surface area contributed by atoms with Crippen LogP contribution in [0.3, 0.4) is 0 Å². The maximum Gasteiger partial charge on any atom is 0.341 e. The summed E-state index contributed by atoms with van der Waals surface area (Å²) in [6, 6.07) is 5.26. The van der Waals surface area contributed by atoms with Gasteiger partial charge >= 0.3 is 5.97 Å². The van der Waals surface area contributed by atoms with Gasteiger partial charge in [0.2, 0.25) is 0 Å². The van der Waals surface area contributed by atoms with Crippen molar-refractivity contribution in [3.8, 4) is 11.5 Å². The van der Waals surface area contributed by atoms with E-state index in [-0.39, 0.29) is 0 Å². The molecule has 0 atom stereocenters. The van der Waals surface area contributed by atoms with Gasteiger partial charge in [-0.3, -0.25) is 0 Å². The number of nitrogens with one attached hydrogen (secondary N) is 3. The Morgan fingerprint density at radius 3 is 2.83 bits per heavy atom. The Kier molecular flexibility index (Phi) is 10.1. The van der Waals surface area contributed by atoms with Crippen LogP contribution in [0, 0.1) is 0 Å². The van der Waals surface area contributed by atoms with Crippen LogP contribution in [0.2, 0.25) is 0 Å². The number of H-pyrrole nitrogens is 1. The zero-order valence-electron chi connectivity index (χ0n) is 20.5. The number of hydrogen-bond donors (Lipinski definition) is 4. The number of aromatic amines is 1. The number of carbonyl (C=O) groups is 1. The second-order valence-corrected chi connectivity index (χ2v) is 7.97. The molecule has 0 fully saturated rings. The van der Waals surface area contributed by atoms with Gasteiger partial charge in [0.15, 0.2) is 18.1 Å². The summed E-state index contributed by atoms with van der Waals surface area (Å²) in [6.45, 7) is 5.43. The predicted octanol–water partition coefficient (Wildman–Crippen LogP) is 2.62. The van der Waals surface area contributed by atoms with Crippen LogP contribution in [0.25, 0.3) is 11.0 Å². The van der Waals surface area contributed by atoms with Crippen molar-refractivity contribution in [2.75, 3.05) is 58.9 Å². The number of nitrogens with zero attached hydrogens (tertiary/aromatic N) is 3. The normalized spacial score (nSPS) is 11.2. The monoisotopic (exact) mass is 486 g/mol. The molecule has 0 spiro atoms. The Hall–Kier alpha value is -3.41. The first-order valence-electron chi connectivity index (χ1n) is 11.6. The van der Waals surface area contributed by atoms with Crippen LogP contribution in [-0.2, 0) is 16.1 Å². The lowest BCUT2D eigenvalue weighted by Crippen LogP contribution is -2.22. The van der Waals surface area contributed by atoms with Crippen LogP contribution >= 0.6 is 0 Å². The summed E-state index contributed by atoms with van der Waals surface area (Å²) >= 11 is 0. The van der Waals surface area contributed by atoms with Gasteiger partial charge in [-0.15, -0.1) is 0 Å². The molecule has 0 radical (unpaired) electrons. The third-order valence-corrected chi connectivity index (χ3v) is 5.21. The number of carboxylic acids is 1. The number of fused-ring (bicyclic) bond motifs is 1. The molecule has 0 saturated heterocycles. The highest BCUT2D eigenvalue weighted by Crippen LogP contribution is 2.33. The third kappa shape index (κ3) is 7.81. The van der Waals surface area contributed by atoms with E-state index in [1.54, 1.807) is 12.1 Å². The largest absolute Gasteiger partial charge is 0.487 e. The lowest BCUT2D eigenvalue weighted by molar-refractivity contribution is -0.139. The van der Waals surface area contributed by atoms with Gasteiger partial charge in [-0.1, -0.05) is 0 Å². The maximum atomic E-state index is 11.1. The summed E-state index contributed by atoms with van der Waals surface area (Å²) in [7, 11) is 4.04. The van der Waals surface area contributed by atoms with E-state index < -0.39 is 12.6 Å². The first-order valence-corrected chi connectivity index (χ1v) is 11.6. The Balaban J connectivity index is 1.80. The van der Waals surface area contributed by atoms with E-state index in [4.69, 9.17) is 19.3 Å². The van der Waals surface area contributed by atoms with Crippen molar-refractivity contribution in [1.82, 2.24) is 25.2 Å². The Morgan fingerprint density at radius 2 is 2.06 bits per heavy atom. The summed E-state index contributed by atoms with van der Waals surface area (Å²) < 4.78 is 16.5. The fourth-order valence-electron chi connectivity index (χ4n) is 3.59. The number of carboxylic acid groups (broad SMARTS) is 1. The molecule has 3 aromatic rings. The number of ether oxygens (including phenoxy) is 3. The van der Waals surface area contributed by atoms with E-state index in [0.717, 1.165) is 42.7 Å². The smallest absolute Gasteiger partial charge is 0.341 e. The average molecular weight is 487 g/mol. The molecule has 0 saturated carbocycles. The van der Waals surface area contributed by atoms with Crippen LogP contribution in [0.15, 0.2) is 30.7 Å². The molecule has 0 aliphatic rings. The molecule has 2 heterocycles. The highest BCUT2D eigenvalue weighted by molar-refractivity contribution is 5.92. The number of aromatic nitrogens is 3. The molecule has 11 nitrogen and oxygen atoms in total. The topological polar surface area (TPSA) is 134 Å². The van der Waals surface area contributed by atoms with Gasteiger partial charge < -0.3 is 39.8 Å². The minimum atomic E-state index is -1.07. The van der Waals surface area contributed by atoms with Crippen LogP contribution in [0.1, 0.15) is 18.9 Å². The zero-order valence-corrected chi connectivity index (χ0v) is 20.5. The second kappa shape index (κ2) is 13.5. The Bertz CT molecular complexity index is 1090. The number of rotatable bonds is 16. The fraction of sp³-hybridized carbons (Fsp3) is 0.458. The van der Waals surface area contributed by atoms with E-state index in [9.17, 15) is 4.79 Å². The minimum absolute atomic E-state index is 0.317. The lowest BCUT2D eigenvalue weighted by atomic mass is 10.2. The molecular formula is C24H34N6O5. The van der Waals surface area contributed by atoms with E-state index in [0.29, 0.717) is 42.8 Å². The summed E-state index contributed by atoms with van der Waals surface area (Å²) in [4.78, 5) is 25.3. The Labute approximate surface area is 204 Å². The average Bonchev–Trinajstić information content (AvgIpc) is 3.25. The molecule has 0 unspecified atom stereocenters. The zero-order chi connectivity index (χ0) is 25.0. The summed E-state index contributed by atoms with van der Waals surface area (Å²) in [6.07, 6.45) is 4.50. The Morgan fingerprint density at radius 1 is 1.20 bits per heavy atom. The molecule has 1 aromatic carbocycles. The predicted molar refractivity (Wildman–Crippen MR) is 134 cm³/mol. The molecule has 35 heavy (non-hydrogen) atoms. The van der Waals surface area contributed by atoms with Gasteiger partial charge in [-0.25, -0.2) is 14.8 Å². The SMILES string of the molecule is CCOCCOc1ccc(Nc2ncnc3[nH]cc(CN(C)CCCNC)c23)cc1OCC(=O)O. The van der Waals surface area contributed by atoms with Gasteiger partial charge in [0, 0.05) is 31.1 Å². The van der Waals surface area contributed by atoms with Crippen molar-refractivity contribution in [1.29, 1.82) is 0 Å². The van der Waals surface area contributed by atoms with Gasteiger partial charge in [0.05, 0.1) is 12.0 Å². The van der Waals surface area contributed by atoms with Gasteiger partial charge in [0.25, 0.3) is 0 Å². The van der Waals surface area contributed by atoms with Crippen molar-refractivity contribution >= 4 is 28.5 Å². The molecule has 0 aliphatic heterocycles. The lowest BCUT2D eigenvalue weighted by Gasteiger charge is -2.17. The van der Waals surface area contributed by atoms with Crippen molar-refractivity contribution < 1.29 is 24.1 Å². The second-order valence-electron chi connectivity index (χ2n) is 7.97. The molecule has 0 amide bonds. The minimum Gasteiger partial charge on any atom is -0.487 e. The van der Waals surface area contributed by atoms with Gasteiger partial charge in [-0.2, -0.15) is 0 Å². The van der Waals surface area contributed by atoms with Gasteiger partial charge in [-0.05, 0) is 58.2 Å². The van der Waals surface area contributed by atoms with Crippen LogP contribution in [0.4, 0.5) is 11.5 Å². The molecule has 11 heteroatoms. The number of hydrogen-bond acceptors (Lipinski definition) is 9. The van der Waals surface area contributed by atoms with Crippen molar-refractivity contribution in [3.05, 3.63) is 36.3 Å². The maximum absolute atomic E-state index is 11.1. The van der Waals surface area contributed by atoms with Crippen molar-refractivity contribution in [2.24, 2.45) is 0 Å². The van der Waals surface area contributed by atoms with Crippen LogP contribution in [-0.4, -0.2) is 84.5 Å². The summed E-state index contributed by atoms with van der Waals surface area (Å²) in [5, 5.41) is 16.4. The first-order chi connectivity index (χ1) is 17.0. The van der Waals surface area contributed by atoms with Crippen molar-refractivity contribution in [3.63, 3.8) is 0 Å². The molecule has 4 N–H and O–H groups in total. The summed E-state index contributed by atoms with van der Waals surface area (Å²) in [5.74, 6) is 0.327. The van der Waals surface area contributed by atoms with E-state index in [1.807, 2.05) is 26.2 Å². The number of benzene rings is 1. The standard InChI is InChI=1S/C24H34N6O5/c1-4-33-10-11-34-19-7-6-18(12-20(19)35-15-21(31)32)29-24-22-17(13-26-23(22)27-16-28-24)14-30(3)9-5-8-25-2/h6-7,12-13,16,25H,4-5,8-11,14-15H2,1-3H3,(H,31,32)(H2,26,27,28,29). The number of anilines is 2. The molecule has 3 rings (SSSR count). The molecule has 0 aliphatic carbocycles. The fourth-order valence-corrected chi connectivity index (χ4v) is 3.59. The molecule has 2 aromatic heterocycles.